The molecule has 80 valence electrons. The molecule has 0 spiro atoms. The molecule has 3 N–H and O–H groups in total. The minimum Gasteiger partial charge on any atom is -0.497 e. The number of hydrogen-bond acceptors (Lipinski definition) is 3. The number of hydrazone groups is 1. The Bertz CT molecular complexity index is 390. The van der Waals surface area contributed by atoms with E-state index in [0.29, 0.717) is 0 Å². The fourth-order valence-corrected chi connectivity index (χ4v) is 1.10. The van der Waals surface area contributed by atoms with Gasteiger partial charge in [0.1, 0.15) is 5.75 Å². The first kappa shape index (κ1) is 11.5. The summed E-state index contributed by atoms with van der Waals surface area (Å²) in [5, 5.41) is 4.16. The number of nitrogens with two attached hydrogens (primary N) is 1. The smallest absolute Gasteiger partial charge is 0.184 e. The van der Waals surface area contributed by atoms with Crippen LogP contribution in [0.15, 0.2) is 29.4 Å². The zero-order chi connectivity index (χ0) is 11.3. The van der Waals surface area contributed by atoms with Crippen LogP contribution >= 0.6 is 12.2 Å². The van der Waals surface area contributed by atoms with E-state index in [0.717, 1.165) is 17.0 Å². The predicted molar refractivity (Wildman–Crippen MR) is 65.1 cm³/mol. The summed E-state index contributed by atoms with van der Waals surface area (Å²) >= 11 is 4.65. The molecule has 0 unspecified atom stereocenters. The van der Waals surface area contributed by atoms with E-state index in [9.17, 15) is 0 Å². The van der Waals surface area contributed by atoms with Crippen LogP contribution in [0.3, 0.4) is 0 Å². The van der Waals surface area contributed by atoms with Gasteiger partial charge in [-0.3, -0.25) is 5.43 Å². The Morgan fingerprint density at radius 1 is 1.53 bits per heavy atom. The van der Waals surface area contributed by atoms with Crippen LogP contribution < -0.4 is 15.9 Å². The van der Waals surface area contributed by atoms with Gasteiger partial charge in [-0.05, 0) is 31.3 Å². The van der Waals surface area contributed by atoms with Gasteiger partial charge in [0.2, 0.25) is 0 Å². The lowest BCUT2D eigenvalue weighted by Crippen LogP contribution is -2.25. The third kappa shape index (κ3) is 3.55. The first-order valence-electron chi connectivity index (χ1n) is 4.37. The van der Waals surface area contributed by atoms with Gasteiger partial charge in [-0.15, -0.1) is 0 Å². The van der Waals surface area contributed by atoms with Crippen LogP contribution in [0.5, 0.6) is 5.75 Å². The zero-order valence-electron chi connectivity index (χ0n) is 8.65. The molecule has 0 aliphatic rings. The molecule has 0 aliphatic carbocycles. The standard InChI is InChI=1S/C10H13N3OS/c1-7(12-13-10(11)15)8-4-3-5-9(6-8)14-2/h3-6H,1-2H3,(H3,11,13,15)/b12-7+. The zero-order valence-corrected chi connectivity index (χ0v) is 9.47. The van der Waals surface area contributed by atoms with Crippen LogP contribution in [0, 0.1) is 0 Å². The highest BCUT2D eigenvalue weighted by atomic mass is 32.1. The Balaban J connectivity index is 2.85. The van der Waals surface area contributed by atoms with Gasteiger partial charge in [0, 0.05) is 5.56 Å². The third-order valence-electron chi connectivity index (χ3n) is 1.82. The second kappa shape index (κ2) is 5.31. The maximum atomic E-state index is 5.26. The summed E-state index contributed by atoms with van der Waals surface area (Å²) in [6, 6.07) is 7.59. The first-order chi connectivity index (χ1) is 7.13. The molecule has 1 rings (SSSR count). The fourth-order valence-electron chi connectivity index (χ4n) is 1.05. The van der Waals surface area contributed by atoms with Crippen LogP contribution in [0.2, 0.25) is 0 Å². The van der Waals surface area contributed by atoms with E-state index in [1.165, 1.54) is 0 Å². The molecule has 0 aliphatic heterocycles. The van der Waals surface area contributed by atoms with Crippen molar-refractivity contribution in [2.24, 2.45) is 10.8 Å². The molecule has 0 amide bonds. The lowest BCUT2D eigenvalue weighted by atomic mass is 10.1. The highest BCUT2D eigenvalue weighted by Crippen LogP contribution is 2.12. The number of methoxy groups -OCH3 is 1. The minimum atomic E-state index is 0.150. The second-order valence-electron chi connectivity index (χ2n) is 2.91. The summed E-state index contributed by atoms with van der Waals surface area (Å²) in [7, 11) is 1.62. The average Bonchev–Trinajstić information content (AvgIpc) is 2.26. The van der Waals surface area contributed by atoms with Crippen molar-refractivity contribution in [3.05, 3.63) is 29.8 Å². The Hall–Kier alpha value is -1.62. The maximum absolute atomic E-state index is 5.26. The third-order valence-corrected chi connectivity index (χ3v) is 1.91. The fraction of sp³-hybridized carbons (Fsp3) is 0.200. The van der Waals surface area contributed by atoms with Crippen LogP contribution in [-0.2, 0) is 0 Å². The first-order valence-corrected chi connectivity index (χ1v) is 4.78. The maximum Gasteiger partial charge on any atom is 0.184 e. The van der Waals surface area contributed by atoms with Crippen molar-refractivity contribution < 1.29 is 4.74 Å². The molecule has 1 aromatic rings. The molecule has 0 aromatic heterocycles. The highest BCUT2D eigenvalue weighted by molar-refractivity contribution is 7.80. The Kier molecular flexibility index (Phi) is 4.05. The van der Waals surface area contributed by atoms with Gasteiger partial charge < -0.3 is 10.5 Å². The molecule has 0 atom stereocenters. The minimum absolute atomic E-state index is 0.150. The van der Waals surface area contributed by atoms with Gasteiger partial charge in [-0.2, -0.15) is 5.10 Å². The largest absolute Gasteiger partial charge is 0.497 e. The van der Waals surface area contributed by atoms with Gasteiger partial charge in [0.15, 0.2) is 5.11 Å². The lowest BCUT2D eigenvalue weighted by molar-refractivity contribution is 0.414. The van der Waals surface area contributed by atoms with Gasteiger partial charge in [0.25, 0.3) is 0 Å². The second-order valence-corrected chi connectivity index (χ2v) is 3.35. The van der Waals surface area contributed by atoms with E-state index < -0.39 is 0 Å². The number of nitrogens with one attached hydrogen (secondary N) is 1. The topological polar surface area (TPSA) is 59.6 Å². The number of ether oxygens (including phenoxy) is 1. The molecule has 0 fully saturated rings. The molecular formula is C10H13N3OS. The summed E-state index contributed by atoms with van der Waals surface area (Å²) in [6.07, 6.45) is 0. The van der Waals surface area contributed by atoms with Crippen molar-refractivity contribution in [2.45, 2.75) is 6.92 Å². The average molecular weight is 223 g/mol. The lowest BCUT2D eigenvalue weighted by Gasteiger charge is -2.04. The molecule has 1 aromatic carbocycles. The van der Waals surface area contributed by atoms with Crippen molar-refractivity contribution in [1.29, 1.82) is 0 Å². The number of hydrogen-bond donors (Lipinski definition) is 2. The highest BCUT2D eigenvalue weighted by Gasteiger charge is 1.99. The summed E-state index contributed by atoms with van der Waals surface area (Å²) in [5.74, 6) is 0.789. The Labute approximate surface area is 94.1 Å². The molecule has 15 heavy (non-hydrogen) atoms. The number of benzene rings is 1. The molecular weight excluding hydrogens is 210 g/mol. The van der Waals surface area contributed by atoms with Crippen molar-refractivity contribution in [2.75, 3.05) is 7.11 Å². The molecule has 0 bridgehead atoms. The van der Waals surface area contributed by atoms with Crippen LogP contribution in [-0.4, -0.2) is 17.9 Å². The van der Waals surface area contributed by atoms with Crippen LogP contribution in [0.25, 0.3) is 0 Å². The monoisotopic (exact) mass is 223 g/mol. The number of rotatable bonds is 3. The van der Waals surface area contributed by atoms with Crippen LogP contribution in [0.1, 0.15) is 12.5 Å². The summed E-state index contributed by atoms with van der Waals surface area (Å²) < 4.78 is 5.10. The quantitative estimate of drug-likeness (QED) is 0.460. The Morgan fingerprint density at radius 2 is 2.27 bits per heavy atom. The van der Waals surface area contributed by atoms with E-state index in [-0.39, 0.29) is 5.11 Å². The SMILES string of the molecule is COc1cccc(/C(C)=N/NC(N)=S)c1. The van der Waals surface area contributed by atoms with E-state index in [4.69, 9.17) is 10.5 Å². The molecule has 5 heteroatoms. The van der Waals surface area contributed by atoms with Crippen molar-refractivity contribution >= 4 is 23.0 Å². The van der Waals surface area contributed by atoms with Crippen molar-refractivity contribution in [3.63, 3.8) is 0 Å². The van der Waals surface area contributed by atoms with E-state index in [1.54, 1.807) is 7.11 Å². The van der Waals surface area contributed by atoms with Crippen LogP contribution in [0.4, 0.5) is 0 Å². The predicted octanol–water partition coefficient (Wildman–Crippen LogP) is 1.25. The summed E-state index contributed by atoms with van der Waals surface area (Å²) in [6.45, 7) is 1.86. The number of thiocarbonyl (C=S) groups is 1. The summed E-state index contributed by atoms with van der Waals surface area (Å²) in [5.41, 5.74) is 9.55. The molecule has 0 saturated carbocycles. The normalized spacial score (nSPS) is 10.9. The van der Waals surface area contributed by atoms with Gasteiger partial charge in [-0.25, -0.2) is 0 Å². The van der Waals surface area contributed by atoms with Gasteiger partial charge >= 0.3 is 0 Å². The Morgan fingerprint density at radius 3 is 2.87 bits per heavy atom. The van der Waals surface area contributed by atoms with E-state index in [2.05, 4.69) is 22.7 Å². The van der Waals surface area contributed by atoms with Gasteiger partial charge in [0.05, 0.1) is 12.8 Å². The van der Waals surface area contributed by atoms with Crippen molar-refractivity contribution in [1.82, 2.24) is 5.43 Å². The molecule has 0 radical (unpaired) electrons. The number of nitrogens with zero attached hydrogens (tertiary/aromatic N) is 1. The molecule has 4 nitrogen and oxygen atoms in total. The molecule has 0 saturated heterocycles. The van der Waals surface area contributed by atoms with Gasteiger partial charge in [-0.1, -0.05) is 12.1 Å². The van der Waals surface area contributed by atoms with Crippen molar-refractivity contribution in [3.8, 4) is 5.75 Å². The summed E-state index contributed by atoms with van der Waals surface area (Å²) in [4.78, 5) is 0. The molecule has 0 heterocycles. The van der Waals surface area contributed by atoms with E-state index >= 15 is 0 Å². The van der Waals surface area contributed by atoms with E-state index in [1.807, 2.05) is 31.2 Å².